The Hall–Kier alpha value is -3.72. The van der Waals surface area contributed by atoms with Gasteiger partial charge in [0.25, 0.3) is 11.8 Å². The summed E-state index contributed by atoms with van der Waals surface area (Å²) in [5, 5.41) is 0.486. The van der Waals surface area contributed by atoms with Gasteiger partial charge in [0, 0.05) is 0 Å². The predicted molar refractivity (Wildman–Crippen MR) is 115 cm³/mol. The second kappa shape index (κ2) is 10.7. The number of hydrogen-bond acceptors (Lipinski definition) is 8. The largest absolute Gasteiger partial charge is 0.497 e. The molecule has 2 aromatic carbocycles. The van der Waals surface area contributed by atoms with E-state index < -0.39 is 36.3 Å². The van der Waals surface area contributed by atoms with Crippen LogP contribution in [0.15, 0.2) is 48.5 Å². The summed E-state index contributed by atoms with van der Waals surface area (Å²) in [6, 6.07) is 13.0. The number of imide groups is 1. The Morgan fingerprint density at radius 1 is 0.909 bits per heavy atom. The number of esters is 2. The molecule has 1 aliphatic rings. The third kappa shape index (κ3) is 5.95. The molecule has 1 atom stereocenters. The van der Waals surface area contributed by atoms with E-state index in [-0.39, 0.29) is 30.3 Å². The number of benzene rings is 2. The Bertz CT molecular complexity index is 996. The fourth-order valence-corrected chi connectivity index (χ4v) is 2.99. The number of methoxy groups -OCH3 is 1. The molecule has 1 aliphatic heterocycles. The normalized spacial score (nSPS) is 13.6. The lowest BCUT2D eigenvalue weighted by molar-refractivity contribution is -0.187. The average Bonchev–Trinajstić information content (AvgIpc) is 3.06. The standard InChI is InChI=1S/C24H25NO8/c1-15(2)13-31-21(26)12-20(24(29)32-14-16-8-10-17(30-3)11-9-16)33-25-22(27)18-6-4-5-7-19(18)23(25)28/h4-11,15,20H,12-14H2,1-3H3. The molecule has 9 heteroatoms. The molecule has 0 radical (unpaired) electrons. The maximum Gasteiger partial charge on any atom is 0.339 e. The van der Waals surface area contributed by atoms with Gasteiger partial charge in [-0.15, -0.1) is 5.06 Å². The fraction of sp³-hybridized carbons (Fsp3) is 0.333. The molecule has 33 heavy (non-hydrogen) atoms. The molecule has 3 rings (SSSR count). The molecule has 0 aromatic heterocycles. The number of fused-ring (bicyclic) bond motifs is 1. The number of hydrogen-bond donors (Lipinski definition) is 0. The minimum atomic E-state index is -1.55. The lowest BCUT2D eigenvalue weighted by Gasteiger charge is -2.21. The molecule has 1 heterocycles. The van der Waals surface area contributed by atoms with Gasteiger partial charge in [-0.05, 0) is 35.7 Å². The smallest absolute Gasteiger partial charge is 0.339 e. The second-order valence-electron chi connectivity index (χ2n) is 7.78. The predicted octanol–water partition coefficient (Wildman–Crippen LogP) is 2.92. The van der Waals surface area contributed by atoms with Crippen molar-refractivity contribution in [2.24, 2.45) is 5.92 Å². The first kappa shape index (κ1) is 23.9. The van der Waals surface area contributed by atoms with Gasteiger partial charge in [0.05, 0.1) is 31.3 Å². The summed E-state index contributed by atoms with van der Waals surface area (Å²) in [5.41, 5.74) is 0.969. The molecule has 0 N–H and O–H groups in total. The first-order valence-electron chi connectivity index (χ1n) is 10.4. The van der Waals surface area contributed by atoms with E-state index in [1.165, 1.54) is 19.2 Å². The van der Waals surface area contributed by atoms with Crippen LogP contribution in [0.25, 0.3) is 0 Å². The summed E-state index contributed by atoms with van der Waals surface area (Å²) in [6.45, 7) is 3.78. The van der Waals surface area contributed by atoms with Crippen LogP contribution < -0.4 is 4.74 Å². The third-order valence-electron chi connectivity index (χ3n) is 4.72. The lowest BCUT2D eigenvalue weighted by Crippen LogP contribution is -2.40. The van der Waals surface area contributed by atoms with Crippen LogP contribution in [0.1, 0.15) is 46.5 Å². The van der Waals surface area contributed by atoms with Crippen LogP contribution in [0.5, 0.6) is 5.75 Å². The summed E-state index contributed by atoms with van der Waals surface area (Å²) >= 11 is 0. The highest BCUT2D eigenvalue weighted by Gasteiger charge is 2.40. The van der Waals surface area contributed by atoms with Gasteiger partial charge in [-0.3, -0.25) is 14.4 Å². The molecular weight excluding hydrogens is 430 g/mol. The van der Waals surface area contributed by atoms with Gasteiger partial charge in [-0.1, -0.05) is 38.1 Å². The third-order valence-corrected chi connectivity index (χ3v) is 4.72. The van der Waals surface area contributed by atoms with Crippen molar-refractivity contribution < 1.29 is 38.2 Å². The lowest BCUT2D eigenvalue weighted by atomic mass is 10.1. The summed E-state index contributed by atoms with van der Waals surface area (Å²) in [7, 11) is 1.54. The quantitative estimate of drug-likeness (QED) is 0.397. The van der Waals surface area contributed by atoms with Gasteiger partial charge in [-0.2, -0.15) is 0 Å². The van der Waals surface area contributed by atoms with Crippen molar-refractivity contribution in [3.63, 3.8) is 0 Å². The Morgan fingerprint density at radius 3 is 2.06 bits per heavy atom. The molecule has 9 nitrogen and oxygen atoms in total. The minimum absolute atomic E-state index is 0.0894. The SMILES string of the molecule is COc1ccc(COC(=O)C(CC(=O)OCC(C)C)ON2C(=O)c3ccccc3C2=O)cc1. The number of ether oxygens (including phenoxy) is 3. The van der Waals surface area contributed by atoms with Crippen molar-refractivity contribution in [1.82, 2.24) is 5.06 Å². The molecule has 0 saturated heterocycles. The van der Waals surface area contributed by atoms with E-state index in [9.17, 15) is 19.2 Å². The molecule has 174 valence electrons. The molecular formula is C24H25NO8. The zero-order chi connectivity index (χ0) is 24.0. The van der Waals surface area contributed by atoms with E-state index in [1.54, 1.807) is 36.4 Å². The molecule has 2 aromatic rings. The number of carbonyl (C=O) groups is 4. The van der Waals surface area contributed by atoms with Crippen molar-refractivity contribution in [2.75, 3.05) is 13.7 Å². The van der Waals surface area contributed by atoms with Gasteiger partial charge in [0.15, 0.2) is 6.10 Å². The van der Waals surface area contributed by atoms with Gasteiger partial charge in [0.2, 0.25) is 0 Å². The van der Waals surface area contributed by atoms with Crippen LogP contribution in [0.4, 0.5) is 0 Å². The number of carbonyl (C=O) groups excluding carboxylic acids is 4. The van der Waals surface area contributed by atoms with Crippen LogP contribution in [0.3, 0.4) is 0 Å². The average molecular weight is 455 g/mol. The maximum absolute atomic E-state index is 12.8. The Labute approximate surface area is 191 Å². The van der Waals surface area contributed by atoms with E-state index >= 15 is 0 Å². The van der Waals surface area contributed by atoms with Gasteiger partial charge < -0.3 is 14.2 Å². The van der Waals surface area contributed by atoms with Crippen molar-refractivity contribution in [3.8, 4) is 5.75 Å². The molecule has 0 spiro atoms. The Morgan fingerprint density at radius 2 is 1.52 bits per heavy atom. The summed E-state index contributed by atoms with van der Waals surface area (Å²) in [4.78, 5) is 55.6. The summed E-state index contributed by atoms with van der Waals surface area (Å²) in [6.07, 6.45) is -2.08. The first-order chi connectivity index (χ1) is 15.8. The molecule has 2 amide bonds. The van der Waals surface area contributed by atoms with Crippen LogP contribution in [-0.2, 0) is 30.5 Å². The van der Waals surface area contributed by atoms with Crippen molar-refractivity contribution in [2.45, 2.75) is 33.0 Å². The first-order valence-corrected chi connectivity index (χ1v) is 10.4. The highest BCUT2D eigenvalue weighted by molar-refractivity contribution is 6.20. The monoisotopic (exact) mass is 455 g/mol. The highest BCUT2D eigenvalue weighted by atomic mass is 16.7. The number of nitrogens with zero attached hydrogens (tertiary/aromatic N) is 1. The number of amides is 2. The minimum Gasteiger partial charge on any atom is -0.497 e. The Balaban J connectivity index is 1.71. The zero-order valence-corrected chi connectivity index (χ0v) is 18.6. The van der Waals surface area contributed by atoms with E-state index in [0.717, 1.165) is 0 Å². The molecule has 0 aliphatic carbocycles. The number of hydroxylamine groups is 2. The topological polar surface area (TPSA) is 108 Å². The zero-order valence-electron chi connectivity index (χ0n) is 18.6. The maximum atomic E-state index is 12.8. The van der Waals surface area contributed by atoms with E-state index in [4.69, 9.17) is 19.0 Å². The van der Waals surface area contributed by atoms with E-state index in [1.807, 2.05) is 13.8 Å². The Kier molecular flexibility index (Phi) is 7.78. The van der Waals surface area contributed by atoms with Gasteiger partial charge in [-0.25, -0.2) is 9.63 Å². The van der Waals surface area contributed by atoms with Crippen LogP contribution in [-0.4, -0.2) is 48.6 Å². The number of rotatable bonds is 10. The summed E-state index contributed by atoms with van der Waals surface area (Å²) in [5.74, 6) is -2.34. The van der Waals surface area contributed by atoms with Crippen molar-refractivity contribution >= 4 is 23.8 Å². The van der Waals surface area contributed by atoms with Crippen LogP contribution in [0.2, 0.25) is 0 Å². The molecule has 1 unspecified atom stereocenters. The fourth-order valence-electron chi connectivity index (χ4n) is 2.99. The molecule has 0 bridgehead atoms. The molecule has 0 saturated carbocycles. The second-order valence-corrected chi connectivity index (χ2v) is 7.78. The van der Waals surface area contributed by atoms with Crippen molar-refractivity contribution in [1.29, 1.82) is 0 Å². The van der Waals surface area contributed by atoms with Crippen LogP contribution in [0, 0.1) is 5.92 Å². The van der Waals surface area contributed by atoms with Gasteiger partial charge in [0.1, 0.15) is 12.4 Å². The van der Waals surface area contributed by atoms with Gasteiger partial charge >= 0.3 is 11.9 Å². The molecule has 0 fully saturated rings. The summed E-state index contributed by atoms with van der Waals surface area (Å²) < 4.78 is 15.5. The van der Waals surface area contributed by atoms with E-state index in [2.05, 4.69) is 0 Å². The highest BCUT2D eigenvalue weighted by Crippen LogP contribution is 2.24. The van der Waals surface area contributed by atoms with Crippen molar-refractivity contribution in [3.05, 3.63) is 65.2 Å². The van der Waals surface area contributed by atoms with Crippen LogP contribution >= 0.6 is 0 Å². The van der Waals surface area contributed by atoms with E-state index in [0.29, 0.717) is 16.4 Å².